The van der Waals surface area contributed by atoms with Crippen LogP contribution >= 0.6 is 0 Å². The molecular formula is C21H28N6O2. The fourth-order valence-corrected chi connectivity index (χ4v) is 4.57. The summed E-state index contributed by atoms with van der Waals surface area (Å²) < 4.78 is 0. The van der Waals surface area contributed by atoms with E-state index in [1.807, 2.05) is 23.6 Å². The maximum absolute atomic E-state index is 13.1. The molecule has 4 heterocycles. The first-order chi connectivity index (χ1) is 14.0. The molecule has 29 heavy (non-hydrogen) atoms. The van der Waals surface area contributed by atoms with Crippen molar-refractivity contribution in [2.75, 3.05) is 19.6 Å². The molecule has 2 aromatic rings. The van der Waals surface area contributed by atoms with Crippen molar-refractivity contribution >= 4 is 11.8 Å². The molecule has 0 spiro atoms. The zero-order valence-corrected chi connectivity index (χ0v) is 17.1. The normalized spacial score (nSPS) is 20.7. The van der Waals surface area contributed by atoms with Crippen LogP contribution in [0, 0.1) is 19.8 Å². The largest absolute Gasteiger partial charge is 0.339 e. The van der Waals surface area contributed by atoms with Crippen molar-refractivity contribution in [3.63, 3.8) is 0 Å². The topological polar surface area (TPSA) is 95.1 Å². The zero-order valence-electron chi connectivity index (χ0n) is 17.1. The van der Waals surface area contributed by atoms with Crippen molar-refractivity contribution in [2.24, 2.45) is 5.92 Å². The molecule has 0 radical (unpaired) electrons. The number of nitrogens with zero attached hydrogens (tertiary/aromatic N) is 5. The third-order valence-corrected chi connectivity index (χ3v) is 6.24. The number of amides is 2. The highest BCUT2D eigenvalue weighted by molar-refractivity contribution is 5.95. The summed E-state index contributed by atoms with van der Waals surface area (Å²) in [5.41, 5.74) is 2.68. The monoisotopic (exact) mass is 396 g/mol. The molecule has 2 fully saturated rings. The van der Waals surface area contributed by atoms with Crippen molar-refractivity contribution < 1.29 is 9.59 Å². The summed E-state index contributed by atoms with van der Waals surface area (Å²) in [6.07, 6.45) is 9.84. The quantitative estimate of drug-likeness (QED) is 0.859. The minimum atomic E-state index is -0.0188. The van der Waals surface area contributed by atoms with E-state index in [0.29, 0.717) is 17.2 Å². The summed E-state index contributed by atoms with van der Waals surface area (Å²) in [6, 6.07) is 0.215. The van der Waals surface area contributed by atoms with E-state index in [0.717, 1.165) is 63.1 Å². The van der Waals surface area contributed by atoms with Crippen LogP contribution in [0.4, 0.5) is 0 Å². The second kappa shape index (κ2) is 8.31. The summed E-state index contributed by atoms with van der Waals surface area (Å²) in [4.78, 5) is 38.3. The Labute approximate surface area is 170 Å². The van der Waals surface area contributed by atoms with Gasteiger partial charge in [0.05, 0.1) is 23.7 Å². The number of rotatable bonds is 3. The average Bonchev–Trinajstić information content (AvgIpc) is 3.19. The Kier molecular flexibility index (Phi) is 5.60. The van der Waals surface area contributed by atoms with Crippen molar-refractivity contribution in [2.45, 2.75) is 52.0 Å². The molecule has 8 heteroatoms. The molecule has 2 aromatic heterocycles. The van der Waals surface area contributed by atoms with E-state index in [2.05, 4.69) is 20.2 Å². The van der Waals surface area contributed by atoms with Crippen LogP contribution in [0.25, 0.3) is 0 Å². The lowest BCUT2D eigenvalue weighted by Gasteiger charge is -2.43. The summed E-state index contributed by atoms with van der Waals surface area (Å²) in [7, 11) is 0. The van der Waals surface area contributed by atoms with Gasteiger partial charge in [0.15, 0.2) is 0 Å². The van der Waals surface area contributed by atoms with Gasteiger partial charge in [0, 0.05) is 37.6 Å². The van der Waals surface area contributed by atoms with Crippen molar-refractivity contribution in [1.82, 2.24) is 30.0 Å². The van der Waals surface area contributed by atoms with Gasteiger partial charge in [-0.3, -0.25) is 19.7 Å². The van der Waals surface area contributed by atoms with Gasteiger partial charge < -0.3 is 9.80 Å². The average molecular weight is 396 g/mol. The molecule has 1 unspecified atom stereocenters. The predicted molar refractivity (Wildman–Crippen MR) is 107 cm³/mol. The summed E-state index contributed by atoms with van der Waals surface area (Å²) in [6.45, 7) is 5.94. The lowest BCUT2D eigenvalue weighted by Crippen LogP contribution is -2.51. The summed E-state index contributed by atoms with van der Waals surface area (Å²) in [5, 5.41) is 6.80. The number of carbonyl (C=O) groups is 2. The predicted octanol–water partition coefficient (Wildman–Crippen LogP) is 2.36. The van der Waals surface area contributed by atoms with Crippen LogP contribution in [0.5, 0.6) is 0 Å². The highest BCUT2D eigenvalue weighted by Crippen LogP contribution is 2.31. The molecule has 0 aromatic carbocycles. The Morgan fingerprint density at radius 3 is 2.41 bits per heavy atom. The van der Waals surface area contributed by atoms with E-state index < -0.39 is 0 Å². The molecule has 0 bridgehead atoms. The van der Waals surface area contributed by atoms with Gasteiger partial charge in [-0.15, -0.1) is 0 Å². The molecule has 4 rings (SSSR count). The Bertz CT molecular complexity index is 870. The Morgan fingerprint density at radius 1 is 0.966 bits per heavy atom. The maximum atomic E-state index is 13.1. The fraction of sp³-hybridized carbons (Fsp3) is 0.571. The van der Waals surface area contributed by atoms with Gasteiger partial charge in [0.25, 0.3) is 11.8 Å². The fourth-order valence-electron chi connectivity index (χ4n) is 4.57. The third kappa shape index (κ3) is 4.02. The molecule has 2 aliphatic rings. The van der Waals surface area contributed by atoms with Crippen LogP contribution in [-0.4, -0.2) is 67.5 Å². The molecule has 1 atom stereocenters. The second-order valence-electron chi connectivity index (χ2n) is 8.14. The zero-order chi connectivity index (χ0) is 20.4. The van der Waals surface area contributed by atoms with E-state index in [9.17, 15) is 9.59 Å². The number of hydrogen-bond acceptors (Lipinski definition) is 5. The van der Waals surface area contributed by atoms with Gasteiger partial charge in [-0.1, -0.05) is 0 Å². The molecule has 154 valence electrons. The van der Waals surface area contributed by atoms with Crippen LogP contribution in [-0.2, 0) is 0 Å². The number of hydrogen-bond donors (Lipinski definition) is 1. The number of nitrogens with one attached hydrogen (secondary N) is 1. The number of aromatic nitrogens is 4. The number of carbonyl (C=O) groups excluding carboxylic acids is 2. The van der Waals surface area contributed by atoms with Gasteiger partial charge in [0.2, 0.25) is 0 Å². The first-order valence-corrected chi connectivity index (χ1v) is 10.4. The SMILES string of the molecule is Cc1cnc(C(=O)N2CCCCC2C2CCN(C(=O)c3cn[nH]c3C)CC2)cn1. The molecular weight excluding hydrogens is 368 g/mol. The van der Waals surface area contributed by atoms with Gasteiger partial charge in [-0.25, -0.2) is 4.98 Å². The smallest absolute Gasteiger partial charge is 0.274 e. The molecule has 2 aliphatic heterocycles. The lowest BCUT2D eigenvalue weighted by molar-refractivity contribution is 0.0370. The van der Waals surface area contributed by atoms with Gasteiger partial charge in [-0.2, -0.15) is 5.10 Å². The Morgan fingerprint density at radius 2 is 1.76 bits per heavy atom. The molecule has 8 nitrogen and oxygen atoms in total. The number of H-pyrrole nitrogens is 1. The van der Waals surface area contributed by atoms with Crippen LogP contribution in [0.1, 0.15) is 64.3 Å². The highest BCUT2D eigenvalue weighted by atomic mass is 16.2. The lowest BCUT2D eigenvalue weighted by atomic mass is 9.83. The Hall–Kier alpha value is -2.77. The van der Waals surface area contributed by atoms with Gasteiger partial charge >= 0.3 is 0 Å². The minimum Gasteiger partial charge on any atom is -0.339 e. The van der Waals surface area contributed by atoms with Gasteiger partial charge in [0.1, 0.15) is 5.69 Å². The number of piperidine rings is 2. The standard InChI is InChI=1S/C21H28N6O2/c1-14-11-23-18(13-22-14)21(29)27-8-4-3-5-19(27)16-6-9-26(10-7-16)20(28)17-12-24-25-15(17)2/h11-13,16,19H,3-10H2,1-2H3,(H,24,25). The summed E-state index contributed by atoms with van der Waals surface area (Å²) in [5.74, 6) is 0.433. The van der Waals surface area contributed by atoms with E-state index in [4.69, 9.17) is 0 Å². The van der Waals surface area contributed by atoms with Crippen LogP contribution in [0.15, 0.2) is 18.6 Å². The molecule has 1 N–H and O–H groups in total. The van der Waals surface area contributed by atoms with Crippen molar-refractivity contribution in [3.8, 4) is 0 Å². The van der Waals surface area contributed by atoms with Crippen LogP contribution in [0.2, 0.25) is 0 Å². The third-order valence-electron chi connectivity index (χ3n) is 6.24. The van der Waals surface area contributed by atoms with Crippen LogP contribution < -0.4 is 0 Å². The van der Waals surface area contributed by atoms with E-state index in [1.54, 1.807) is 18.6 Å². The highest BCUT2D eigenvalue weighted by Gasteiger charge is 2.36. The number of likely N-dealkylation sites (tertiary alicyclic amines) is 2. The molecule has 0 aliphatic carbocycles. The van der Waals surface area contributed by atoms with Crippen LogP contribution in [0.3, 0.4) is 0 Å². The number of aromatic amines is 1. The number of aryl methyl sites for hydroxylation is 2. The molecule has 0 saturated carbocycles. The molecule has 2 amide bonds. The van der Waals surface area contributed by atoms with Crippen molar-refractivity contribution in [1.29, 1.82) is 0 Å². The van der Waals surface area contributed by atoms with Crippen molar-refractivity contribution in [3.05, 3.63) is 41.2 Å². The van der Waals surface area contributed by atoms with E-state index >= 15 is 0 Å². The second-order valence-corrected chi connectivity index (χ2v) is 8.14. The maximum Gasteiger partial charge on any atom is 0.274 e. The first-order valence-electron chi connectivity index (χ1n) is 10.4. The van der Waals surface area contributed by atoms with Gasteiger partial charge in [-0.05, 0) is 51.9 Å². The Balaban J connectivity index is 1.42. The first kappa shape index (κ1) is 19.5. The van der Waals surface area contributed by atoms with E-state index in [1.165, 1.54) is 0 Å². The molecule has 2 saturated heterocycles. The minimum absolute atomic E-state index is 0.0188. The summed E-state index contributed by atoms with van der Waals surface area (Å²) >= 11 is 0. The van der Waals surface area contributed by atoms with E-state index in [-0.39, 0.29) is 17.9 Å².